The van der Waals surface area contributed by atoms with Crippen LogP contribution in [0.1, 0.15) is 126 Å². The van der Waals surface area contributed by atoms with Crippen LogP contribution in [0.3, 0.4) is 0 Å². The Hall–Kier alpha value is -3.93. The first-order chi connectivity index (χ1) is 20.9. The maximum absolute atomic E-state index is 9.86. The second-order valence-electron chi connectivity index (χ2n) is 11.3. The molecule has 3 aromatic rings. The Balaban J connectivity index is 2.10. The van der Waals surface area contributed by atoms with Gasteiger partial charge in [-0.05, 0) is 120 Å². The van der Waals surface area contributed by atoms with Gasteiger partial charge in [0.1, 0.15) is 6.34 Å². The van der Waals surface area contributed by atoms with Gasteiger partial charge < -0.3 is 10.2 Å². The van der Waals surface area contributed by atoms with E-state index in [4.69, 9.17) is 9.97 Å². The van der Waals surface area contributed by atoms with Crippen LogP contribution in [-0.4, -0.2) is 31.1 Å². The van der Waals surface area contributed by atoms with Gasteiger partial charge in [0.05, 0.1) is 33.8 Å². The van der Waals surface area contributed by atoms with Gasteiger partial charge >= 0.3 is 0 Å². The zero-order valence-electron chi connectivity index (χ0n) is 27.3. The van der Waals surface area contributed by atoms with Crippen LogP contribution in [0, 0.1) is 0 Å². The number of nitrogens with zero attached hydrogens (tertiary/aromatic N) is 4. The molecule has 5 heterocycles. The first-order valence-electron chi connectivity index (χ1n) is 16.4. The van der Waals surface area contributed by atoms with E-state index in [0.29, 0.717) is 0 Å². The molecule has 0 unspecified atom stereocenters. The maximum atomic E-state index is 9.86. The van der Waals surface area contributed by atoms with Crippen molar-refractivity contribution in [1.82, 2.24) is 19.5 Å². The highest BCUT2D eigenvalue weighted by molar-refractivity contribution is 5.97. The monoisotopic (exact) mass is 577 g/mol. The largest absolute Gasteiger partial charge is 0.410 e. The van der Waals surface area contributed by atoms with E-state index in [9.17, 15) is 5.21 Å². The van der Waals surface area contributed by atoms with Crippen molar-refractivity contribution in [3.8, 4) is 0 Å². The number of H-pyrrole nitrogens is 1. The average molecular weight is 578 g/mol. The van der Waals surface area contributed by atoms with E-state index in [0.717, 1.165) is 96.2 Å². The Morgan fingerprint density at radius 2 is 0.907 bits per heavy atom. The van der Waals surface area contributed by atoms with Crippen LogP contribution in [0.5, 0.6) is 0 Å². The van der Waals surface area contributed by atoms with Gasteiger partial charge in [0.2, 0.25) is 0 Å². The van der Waals surface area contributed by atoms with E-state index in [2.05, 4.69) is 89.8 Å². The molecule has 0 amide bonds. The molecule has 0 spiro atoms. The summed E-state index contributed by atoms with van der Waals surface area (Å²) in [4.78, 5) is 14.4. The van der Waals surface area contributed by atoms with Crippen LogP contribution >= 0.6 is 0 Å². The number of aryl methyl sites for hydroxylation is 4. The number of nitrogens with one attached hydrogen (secondary N) is 1. The summed E-state index contributed by atoms with van der Waals surface area (Å²) in [5, 5.41) is 13.4. The van der Waals surface area contributed by atoms with Crippen LogP contribution in [0.4, 0.5) is 0 Å². The predicted octanol–water partition coefficient (Wildman–Crippen LogP) is 9.76. The summed E-state index contributed by atoms with van der Waals surface area (Å²) in [6, 6.07) is 8.97. The van der Waals surface area contributed by atoms with E-state index < -0.39 is 0 Å². The van der Waals surface area contributed by atoms with Gasteiger partial charge in [0.25, 0.3) is 0 Å². The van der Waals surface area contributed by atoms with Crippen LogP contribution in [0.15, 0.2) is 29.4 Å². The lowest BCUT2D eigenvalue weighted by molar-refractivity contribution is 0.320. The van der Waals surface area contributed by atoms with Gasteiger partial charge in [0.15, 0.2) is 0 Å². The Bertz CT molecular complexity index is 1690. The quantitative estimate of drug-likeness (QED) is 0.115. The molecule has 6 nitrogen and oxygen atoms in total. The van der Waals surface area contributed by atoms with E-state index in [1.165, 1.54) is 50.9 Å². The molecule has 6 heteroatoms. The topological polar surface area (TPSA) is 79.1 Å². The average Bonchev–Trinajstić information content (AvgIpc) is 3.71. The van der Waals surface area contributed by atoms with Crippen LogP contribution in [0.25, 0.3) is 44.4 Å². The first-order valence-corrected chi connectivity index (χ1v) is 16.4. The van der Waals surface area contributed by atoms with E-state index in [1.54, 1.807) is 0 Å². The molecular weight excluding hydrogens is 530 g/mol. The molecule has 5 rings (SSSR count). The fourth-order valence-electron chi connectivity index (χ4n) is 7.42. The van der Waals surface area contributed by atoms with Gasteiger partial charge in [-0.3, -0.25) is 4.57 Å². The minimum atomic E-state index is 0.864. The molecule has 3 aromatic heterocycles. The van der Waals surface area contributed by atoms with E-state index >= 15 is 0 Å². The number of allylic oxidation sites excluding steroid dienone is 4. The normalized spacial score (nSPS) is 13.7. The molecule has 226 valence electrons. The molecule has 8 bridgehead atoms. The molecule has 0 aliphatic carbocycles. The molecule has 0 fully saturated rings. The van der Waals surface area contributed by atoms with Crippen molar-refractivity contribution in [2.75, 3.05) is 0 Å². The molecule has 0 radical (unpaired) electrons. The van der Waals surface area contributed by atoms with Crippen molar-refractivity contribution < 1.29 is 5.21 Å². The third-order valence-corrected chi connectivity index (χ3v) is 9.34. The van der Waals surface area contributed by atoms with E-state index in [-0.39, 0.29) is 0 Å². The predicted molar refractivity (Wildman–Crippen MR) is 183 cm³/mol. The Morgan fingerprint density at radius 1 is 0.558 bits per heavy atom. The zero-order chi connectivity index (χ0) is 30.8. The van der Waals surface area contributed by atoms with Gasteiger partial charge in [-0.1, -0.05) is 60.5 Å². The minimum absolute atomic E-state index is 0.864. The summed E-state index contributed by atoms with van der Waals surface area (Å²) in [6.07, 6.45) is 8.78. The lowest BCUT2D eigenvalue weighted by atomic mass is 9.98. The van der Waals surface area contributed by atoms with Gasteiger partial charge in [-0.25, -0.2) is 9.97 Å². The number of oxime groups is 1. The molecule has 2 N–H and O–H groups in total. The number of fused-ring (bicyclic) bond motifs is 8. The third-order valence-electron chi connectivity index (χ3n) is 9.34. The number of aromatic amines is 1. The summed E-state index contributed by atoms with van der Waals surface area (Å²) in [7, 11) is 0. The van der Waals surface area contributed by atoms with Crippen molar-refractivity contribution in [2.45, 2.75) is 107 Å². The molecule has 0 saturated carbocycles. The molecule has 2 aliphatic rings. The lowest BCUT2D eigenvalue weighted by Crippen LogP contribution is -1.96. The van der Waals surface area contributed by atoms with E-state index in [1.807, 2.05) is 4.57 Å². The lowest BCUT2D eigenvalue weighted by Gasteiger charge is -2.04. The number of hydrogen-bond acceptors (Lipinski definition) is 4. The highest BCUT2D eigenvalue weighted by Crippen LogP contribution is 2.39. The molecule has 43 heavy (non-hydrogen) atoms. The summed E-state index contributed by atoms with van der Waals surface area (Å²) in [6.45, 7) is 17.8. The van der Waals surface area contributed by atoms with Gasteiger partial charge in [-0.2, -0.15) is 0 Å². The molecule has 0 aromatic carbocycles. The molecule has 2 aliphatic heterocycles. The minimum Gasteiger partial charge on any atom is -0.410 e. The van der Waals surface area contributed by atoms with Crippen molar-refractivity contribution in [2.24, 2.45) is 5.16 Å². The number of aromatic nitrogens is 4. The Kier molecular flexibility index (Phi) is 9.05. The van der Waals surface area contributed by atoms with Gasteiger partial charge in [0, 0.05) is 11.0 Å². The Morgan fingerprint density at radius 3 is 1.21 bits per heavy atom. The summed E-state index contributed by atoms with van der Waals surface area (Å²) in [5.41, 5.74) is 18.8. The second kappa shape index (κ2) is 12.7. The van der Waals surface area contributed by atoms with Crippen molar-refractivity contribution in [1.29, 1.82) is 0 Å². The van der Waals surface area contributed by atoms with Crippen molar-refractivity contribution >= 4 is 50.7 Å². The first kappa shape index (κ1) is 30.5. The standard InChI is InChI=1S/C37H47N5O/c1-9-22-23(10-2)31-18-33-25(12-4)27(14-6)35(41-33)20-37-29(16-8)28(15-7)36(42(37)21-38-43)19-34-26(13-5)24(11-3)32(40-34)17-30(22)39-31/h17-21,39,43H,9-16H2,1-8H3. The maximum Gasteiger partial charge on any atom is 0.139 e. The molecule has 0 atom stereocenters. The fourth-order valence-corrected chi connectivity index (χ4v) is 7.42. The molecule has 0 saturated heterocycles. The third kappa shape index (κ3) is 5.05. The van der Waals surface area contributed by atoms with Crippen LogP contribution in [0.2, 0.25) is 0 Å². The summed E-state index contributed by atoms with van der Waals surface area (Å²) in [5.74, 6) is 0. The SMILES string of the molecule is CCC1=C(CC)c2cc3c(CC)c(CC)c(cc4nc(cc5[nH]c(cc1n2)c(CC)c5CC)C(CC)=C4CC)n3C=NO. The second-order valence-corrected chi connectivity index (χ2v) is 11.3. The van der Waals surface area contributed by atoms with Crippen LogP contribution in [-0.2, 0) is 25.7 Å². The number of rotatable bonds is 9. The molecular formula is C37H47N5O. The van der Waals surface area contributed by atoms with Crippen LogP contribution < -0.4 is 0 Å². The smallest absolute Gasteiger partial charge is 0.139 e. The van der Waals surface area contributed by atoms with Crippen molar-refractivity contribution in [3.63, 3.8) is 0 Å². The fraction of sp³-hybridized carbons (Fsp3) is 0.432. The highest BCUT2D eigenvalue weighted by Gasteiger charge is 2.23. The zero-order valence-corrected chi connectivity index (χ0v) is 27.3. The number of hydrogen-bond donors (Lipinski definition) is 2. The Labute approximate surface area is 256 Å². The highest BCUT2D eigenvalue weighted by atomic mass is 16.4. The van der Waals surface area contributed by atoms with Crippen molar-refractivity contribution in [3.05, 3.63) is 69.3 Å². The summed E-state index contributed by atoms with van der Waals surface area (Å²) < 4.78 is 2.04. The summed E-state index contributed by atoms with van der Waals surface area (Å²) >= 11 is 0. The van der Waals surface area contributed by atoms with Gasteiger partial charge in [-0.15, -0.1) is 0 Å².